The van der Waals surface area contributed by atoms with Gasteiger partial charge in [0.05, 0.1) is 16.0 Å². The van der Waals surface area contributed by atoms with Crippen molar-refractivity contribution in [2.75, 3.05) is 13.1 Å². The Bertz CT molecular complexity index is 680. The molecule has 0 unspecified atom stereocenters. The van der Waals surface area contributed by atoms with Crippen molar-refractivity contribution in [2.45, 2.75) is 6.54 Å². The van der Waals surface area contributed by atoms with E-state index in [1.807, 2.05) is 12.1 Å². The third kappa shape index (κ3) is 3.24. The van der Waals surface area contributed by atoms with Crippen molar-refractivity contribution in [2.24, 2.45) is 5.92 Å². The zero-order chi connectivity index (χ0) is 15.0. The van der Waals surface area contributed by atoms with E-state index in [4.69, 9.17) is 28.3 Å². The van der Waals surface area contributed by atoms with E-state index in [1.165, 1.54) is 4.88 Å². The minimum atomic E-state index is -0.700. The van der Waals surface area contributed by atoms with Crippen LogP contribution in [0.25, 0.3) is 10.4 Å². The third-order valence-electron chi connectivity index (χ3n) is 3.55. The molecule has 2 aromatic rings. The molecule has 2 heterocycles. The first kappa shape index (κ1) is 14.9. The maximum Gasteiger partial charge on any atom is 0.309 e. The number of aliphatic carboxylic acids is 1. The Hall–Kier alpha value is -1.07. The number of thiophene rings is 1. The van der Waals surface area contributed by atoms with Gasteiger partial charge in [-0.25, -0.2) is 0 Å². The summed E-state index contributed by atoms with van der Waals surface area (Å²) < 4.78 is 0. The highest BCUT2D eigenvalue weighted by Gasteiger charge is 2.32. The van der Waals surface area contributed by atoms with Crippen molar-refractivity contribution in [3.05, 3.63) is 45.3 Å². The van der Waals surface area contributed by atoms with Crippen LogP contribution in [0, 0.1) is 5.92 Å². The van der Waals surface area contributed by atoms with Crippen LogP contribution < -0.4 is 0 Å². The molecular weight excluding hydrogens is 329 g/mol. The van der Waals surface area contributed by atoms with Crippen LogP contribution in [0.4, 0.5) is 0 Å². The lowest BCUT2D eigenvalue weighted by Gasteiger charge is -2.36. The first-order chi connectivity index (χ1) is 10.0. The van der Waals surface area contributed by atoms with Crippen LogP contribution in [0.3, 0.4) is 0 Å². The summed E-state index contributed by atoms with van der Waals surface area (Å²) in [5, 5.41) is 9.98. The lowest BCUT2D eigenvalue weighted by Crippen LogP contribution is -2.49. The summed E-state index contributed by atoms with van der Waals surface area (Å²) in [6.07, 6.45) is 0. The molecule has 3 nitrogen and oxygen atoms in total. The maximum atomic E-state index is 10.8. The van der Waals surface area contributed by atoms with Crippen molar-refractivity contribution in [3.8, 4) is 10.4 Å². The predicted molar refractivity (Wildman–Crippen MR) is 86.2 cm³/mol. The summed E-state index contributed by atoms with van der Waals surface area (Å²) in [6.45, 7) is 2.07. The second-order valence-corrected chi connectivity index (χ2v) is 7.11. The Morgan fingerprint density at radius 1 is 1.24 bits per heavy atom. The van der Waals surface area contributed by atoms with Gasteiger partial charge in [-0.15, -0.1) is 11.3 Å². The van der Waals surface area contributed by atoms with Gasteiger partial charge in [-0.05, 0) is 29.8 Å². The molecule has 1 aliphatic heterocycles. The average molecular weight is 342 g/mol. The lowest BCUT2D eigenvalue weighted by atomic mass is 10.0. The fraction of sp³-hybridized carbons (Fsp3) is 0.267. The number of likely N-dealkylation sites (tertiary alicyclic amines) is 1. The van der Waals surface area contributed by atoms with Crippen molar-refractivity contribution in [1.29, 1.82) is 0 Å². The van der Waals surface area contributed by atoms with E-state index in [9.17, 15) is 4.79 Å². The number of rotatable bonds is 4. The number of hydrogen-bond acceptors (Lipinski definition) is 3. The molecular formula is C15H13Cl2NO2S. The summed E-state index contributed by atoms with van der Waals surface area (Å²) in [6, 6.07) is 9.76. The van der Waals surface area contributed by atoms with Crippen LogP contribution in [0.2, 0.25) is 10.0 Å². The molecule has 0 radical (unpaired) electrons. The normalized spacial score (nSPS) is 15.9. The molecule has 0 atom stereocenters. The molecule has 1 aromatic carbocycles. The van der Waals surface area contributed by atoms with Crippen LogP contribution in [-0.4, -0.2) is 29.1 Å². The molecule has 0 spiro atoms. The molecule has 3 rings (SSSR count). The molecule has 6 heteroatoms. The van der Waals surface area contributed by atoms with Gasteiger partial charge in [-0.1, -0.05) is 29.3 Å². The number of nitrogens with zero attached hydrogens (tertiary/aromatic N) is 1. The van der Waals surface area contributed by atoms with Crippen LogP contribution in [0.1, 0.15) is 4.88 Å². The Morgan fingerprint density at radius 3 is 2.67 bits per heavy atom. The largest absolute Gasteiger partial charge is 0.481 e. The molecule has 1 fully saturated rings. The molecule has 110 valence electrons. The Kier molecular flexibility index (Phi) is 4.22. The number of halogens is 2. The number of benzene rings is 1. The topological polar surface area (TPSA) is 40.5 Å². The minimum Gasteiger partial charge on any atom is -0.481 e. The fourth-order valence-corrected chi connectivity index (χ4v) is 3.69. The standard InChI is InChI=1S/C15H13Cl2NO2S/c16-12-3-1-9(5-13(12)17)14-4-2-11(21-14)8-18-6-10(7-18)15(19)20/h1-5,10H,6-8H2,(H,19,20). The van der Waals surface area contributed by atoms with Gasteiger partial charge in [0, 0.05) is 29.4 Å². The lowest BCUT2D eigenvalue weighted by molar-refractivity contribution is -0.147. The fourth-order valence-electron chi connectivity index (χ4n) is 2.34. The molecule has 0 aliphatic carbocycles. The summed E-state index contributed by atoms with van der Waals surface area (Å²) in [7, 11) is 0. The summed E-state index contributed by atoms with van der Waals surface area (Å²) in [5.41, 5.74) is 1.05. The van der Waals surface area contributed by atoms with Crippen LogP contribution in [0.15, 0.2) is 30.3 Å². The summed E-state index contributed by atoms with van der Waals surface area (Å²) in [5.74, 6) is -0.909. The number of hydrogen-bond donors (Lipinski definition) is 1. The monoisotopic (exact) mass is 341 g/mol. The SMILES string of the molecule is O=C(O)C1CN(Cc2ccc(-c3ccc(Cl)c(Cl)c3)s2)C1. The first-order valence-corrected chi connectivity index (χ1v) is 8.09. The third-order valence-corrected chi connectivity index (χ3v) is 5.41. The maximum absolute atomic E-state index is 10.8. The smallest absolute Gasteiger partial charge is 0.309 e. The number of carboxylic acids is 1. The van der Waals surface area contributed by atoms with Gasteiger partial charge in [-0.2, -0.15) is 0 Å². The van der Waals surface area contributed by atoms with E-state index in [-0.39, 0.29) is 5.92 Å². The van der Waals surface area contributed by atoms with Gasteiger partial charge in [-0.3, -0.25) is 9.69 Å². The van der Waals surface area contributed by atoms with Crippen molar-refractivity contribution < 1.29 is 9.90 Å². The second-order valence-electron chi connectivity index (χ2n) is 5.12. The Morgan fingerprint density at radius 2 is 2.00 bits per heavy atom. The van der Waals surface area contributed by atoms with E-state index in [0.29, 0.717) is 23.1 Å². The molecule has 0 bridgehead atoms. The van der Waals surface area contributed by atoms with Gasteiger partial charge in [0.25, 0.3) is 0 Å². The van der Waals surface area contributed by atoms with E-state index >= 15 is 0 Å². The van der Waals surface area contributed by atoms with Gasteiger partial charge < -0.3 is 5.11 Å². The quantitative estimate of drug-likeness (QED) is 0.904. The highest BCUT2D eigenvalue weighted by Crippen LogP contribution is 2.33. The minimum absolute atomic E-state index is 0.209. The summed E-state index contributed by atoms with van der Waals surface area (Å²) >= 11 is 13.7. The highest BCUT2D eigenvalue weighted by molar-refractivity contribution is 7.15. The first-order valence-electron chi connectivity index (χ1n) is 6.52. The molecule has 1 aliphatic rings. The highest BCUT2D eigenvalue weighted by atomic mass is 35.5. The van der Waals surface area contributed by atoms with Crippen LogP contribution in [-0.2, 0) is 11.3 Å². The molecule has 1 N–H and O–H groups in total. The van der Waals surface area contributed by atoms with E-state index < -0.39 is 5.97 Å². The van der Waals surface area contributed by atoms with Crippen LogP contribution in [0.5, 0.6) is 0 Å². The second kappa shape index (κ2) is 5.97. The van der Waals surface area contributed by atoms with Gasteiger partial charge in [0.1, 0.15) is 0 Å². The van der Waals surface area contributed by atoms with Crippen molar-refractivity contribution in [1.82, 2.24) is 4.90 Å². The van der Waals surface area contributed by atoms with Crippen LogP contribution >= 0.6 is 34.5 Å². The molecule has 1 aromatic heterocycles. The van der Waals surface area contributed by atoms with Gasteiger partial charge in [0.15, 0.2) is 0 Å². The molecule has 0 saturated carbocycles. The molecule has 0 amide bonds. The van der Waals surface area contributed by atoms with Crippen molar-refractivity contribution >= 4 is 40.5 Å². The Balaban J connectivity index is 1.66. The van der Waals surface area contributed by atoms with Crippen molar-refractivity contribution in [3.63, 3.8) is 0 Å². The molecule has 1 saturated heterocycles. The zero-order valence-electron chi connectivity index (χ0n) is 11.1. The number of carboxylic acid groups (broad SMARTS) is 1. The number of carbonyl (C=O) groups is 1. The molecule has 21 heavy (non-hydrogen) atoms. The summed E-state index contributed by atoms with van der Waals surface area (Å²) in [4.78, 5) is 15.3. The van der Waals surface area contributed by atoms with E-state index in [2.05, 4.69) is 17.0 Å². The Labute approximate surface area is 136 Å². The zero-order valence-corrected chi connectivity index (χ0v) is 13.4. The van der Waals surface area contributed by atoms with E-state index in [0.717, 1.165) is 17.0 Å². The van der Waals surface area contributed by atoms with Gasteiger partial charge >= 0.3 is 5.97 Å². The van der Waals surface area contributed by atoms with E-state index in [1.54, 1.807) is 17.4 Å². The van der Waals surface area contributed by atoms with Gasteiger partial charge in [0.2, 0.25) is 0 Å². The average Bonchev–Trinajstić information content (AvgIpc) is 2.84. The predicted octanol–water partition coefficient (Wildman–Crippen LogP) is 4.24.